The van der Waals surface area contributed by atoms with E-state index < -0.39 is 5.97 Å². The monoisotopic (exact) mass is 360 g/mol. The molecule has 0 bridgehead atoms. The van der Waals surface area contributed by atoms with E-state index in [-0.39, 0.29) is 0 Å². The van der Waals surface area contributed by atoms with Crippen LogP contribution in [0, 0.1) is 0 Å². The number of aromatic nitrogens is 2. The molecule has 0 spiro atoms. The number of anilines is 1. The van der Waals surface area contributed by atoms with E-state index in [1.165, 1.54) is 13.3 Å². The third kappa shape index (κ3) is 3.43. The number of carbonyl (C=O) groups is 1. The number of hydrogen-bond donors (Lipinski definition) is 2. The maximum atomic E-state index is 11.9. The average molecular weight is 360 g/mol. The molecule has 0 atom stereocenters. The topological polar surface area (TPSA) is 92.5 Å². The van der Waals surface area contributed by atoms with Crippen molar-refractivity contribution < 1.29 is 13.9 Å². The minimum Gasteiger partial charge on any atom is -0.465 e. The highest BCUT2D eigenvalue weighted by Crippen LogP contribution is 2.26. The molecule has 4 rings (SSSR count). The lowest BCUT2D eigenvalue weighted by atomic mass is 10.1. The summed E-state index contributed by atoms with van der Waals surface area (Å²) in [6.45, 7) is 0. The summed E-state index contributed by atoms with van der Waals surface area (Å²) in [5.41, 5.74) is 5.73. The molecule has 2 aromatic carbocycles. The van der Waals surface area contributed by atoms with Gasteiger partial charge in [-0.25, -0.2) is 15.2 Å². The van der Waals surface area contributed by atoms with Gasteiger partial charge in [0, 0.05) is 5.56 Å². The van der Waals surface area contributed by atoms with Gasteiger partial charge in [0.05, 0.1) is 29.9 Å². The number of benzene rings is 2. The zero-order valence-electron chi connectivity index (χ0n) is 14.5. The fourth-order valence-electron chi connectivity index (χ4n) is 2.72. The minimum absolute atomic E-state index is 0.413. The van der Waals surface area contributed by atoms with Crippen molar-refractivity contribution in [1.29, 1.82) is 0 Å². The Morgan fingerprint density at radius 2 is 1.96 bits per heavy atom. The highest BCUT2D eigenvalue weighted by Gasteiger charge is 2.15. The number of imidazole rings is 1. The van der Waals surface area contributed by atoms with Crippen LogP contribution < -0.4 is 5.43 Å². The number of ether oxygens (including phenoxy) is 1. The van der Waals surface area contributed by atoms with Crippen LogP contribution in [0.5, 0.6) is 0 Å². The van der Waals surface area contributed by atoms with Crippen LogP contribution in [0.15, 0.2) is 70.2 Å². The quantitative estimate of drug-likeness (QED) is 0.318. The number of fused-ring (bicyclic) bond motifs is 1. The Balaban J connectivity index is 1.51. The Morgan fingerprint density at radius 1 is 1.15 bits per heavy atom. The second kappa shape index (κ2) is 7.17. The van der Waals surface area contributed by atoms with Crippen molar-refractivity contribution in [3.8, 4) is 11.3 Å². The van der Waals surface area contributed by atoms with Crippen molar-refractivity contribution in [2.24, 2.45) is 5.10 Å². The lowest BCUT2D eigenvalue weighted by Gasteiger charge is -2.04. The van der Waals surface area contributed by atoms with Gasteiger partial charge in [-0.1, -0.05) is 30.3 Å². The lowest BCUT2D eigenvalue weighted by molar-refractivity contribution is 0.0601. The molecule has 27 heavy (non-hydrogen) atoms. The molecule has 4 aromatic rings. The zero-order chi connectivity index (χ0) is 18.6. The smallest absolute Gasteiger partial charge is 0.338 e. The fourth-order valence-corrected chi connectivity index (χ4v) is 2.72. The first kappa shape index (κ1) is 16.6. The normalized spacial score (nSPS) is 11.1. The van der Waals surface area contributed by atoms with Crippen molar-refractivity contribution in [1.82, 2.24) is 9.97 Å². The van der Waals surface area contributed by atoms with Crippen LogP contribution in [0.2, 0.25) is 0 Å². The largest absolute Gasteiger partial charge is 0.465 e. The SMILES string of the molecule is COC(=O)c1ccccc1-c1ccc(/C=N\Nc2nc3ccccc3[nH]2)o1. The van der Waals surface area contributed by atoms with Crippen LogP contribution in [0.4, 0.5) is 5.95 Å². The number of H-pyrrole nitrogens is 1. The Kier molecular flexibility index (Phi) is 4.40. The summed E-state index contributed by atoms with van der Waals surface area (Å²) in [4.78, 5) is 19.4. The van der Waals surface area contributed by atoms with Crippen LogP contribution in [0.1, 0.15) is 16.1 Å². The Bertz CT molecular complexity index is 1090. The highest BCUT2D eigenvalue weighted by molar-refractivity contribution is 5.96. The summed E-state index contributed by atoms with van der Waals surface area (Å²) in [7, 11) is 1.35. The predicted octanol–water partition coefficient (Wildman–Crippen LogP) is 4.06. The van der Waals surface area contributed by atoms with Gasteiger partial charge < -0.3 is 14.1 Å². The van der Waals surface area contributed by atoms with Gasteiger partial charge in [0.2, 0.25) is 5.95 Å². The maximum absolute atomic E-state index is 11.9. The van der Waals surface area contributed by atoms with E-state index in [9.17, 15) is 4.79 Å². The molecule has 0 amide bonds. The molecule has 2 heterocycles. The van der Waals surface area contributed by atoms with Crippen molar-refractivity contribution in [2.75, 3.05) is 12.5 Å². The molecule has 2 N–H and O–H groups in total. The molecule has 0 radical (unpaired) electrons. The van der Waals surface area contributed by atoms with Crippen molar-refractivity contribution in [2.45, 2.75) is 0 Å². The molecule has 0 saturated heterocycles. The first-order valence-electron chi connectivity index (χ1n) is 8.26. The van der Waals surface area contributed by atoms with Gasteiger partial charge in [0.25, 0.3) is 0 Å². The van der Waals surface area contributed by atoms with E-state index in [1.54, 1.807) is 30.3 Å². The number of rotatable bonds is 5. The van der Waals surface area contributed by atoms with Crippen LogP contribution in [-0.4, -0.2) is 29.3 Å². The number of carbonyl (C=O) groups excluding carboxylic acids is 1. The van der Waals surface area contributed by atoms with Gasteiger partial charge in [0.15, 0.2) is 0 Å². The van der Waals surface area contributed by atoms with Crippen LogP contribution in [-0.2, 0) is 4.74 Å². The molecule has 0 unspecified atom stereocenters. The first-order chi connectivity index (χ1) is 13.2. The molecule has 7 nitrogen and oxygen atoms in total. The van der Waals surface area contributed by atoms with E-state index in [0.29, 0.717) is 28.6 Å². The standard InChI is InChI=1S/C20H16N4O3/c1-26-19(25)15-7-3-2-6-14(15)18-11-10-13(27-18)12-21-24-20-22-16-8-4-5-9-17(16)23-20/h2-12H,1H3,(H2,22,23,24)/b21-12-. The zero-order valence-corrected chi connectivity index (χ0v) is 14.5. The maximum Gasteiger partial charge on any atom is 0.338 e. The molecule has 0 fully saturated rings. The number of methoxy groups -OCH3 is 1. The summed E-state index contributed by atoms with van der Waals surface area (Å²) in [6.07, 6.45) is 1.54. The molecule has 0 aliphatic rings. The number of hydrogen-bond acceptors (Lipinski definition) is 6. The summed E-state index contributed by atoms with van der Waals surface area (Å²) >= 11 is 0. The van der Waals surface area contributed by atoms with Gasteiger partial charge in [0.1, 0.15) is 11.5 Å². The van der Waals surface area contributed by atoms with E-state index in [1.807, 2.05) is 30.3 Å². The third-order valence-corrected chi connectivity index (χ3v) is 3.98. The number of para-hydroxylation sites is 2. The second-order valence-electron chi connectivity index (χ2n) is 5.71. The minimum atomic E-state index is -0.413. The van der Waals surface area contributed by atoms with Gasteiger partial charge in [-0.15, -0.1) is 0 Å². The predicted molar refractivity (Wildman–Crippen MR) is 103 cm³/mol. The lowest BCUT2D eigenvalue weighted by Crippen LogP contribution is -2.02. The van der Waals surface area contributed by atoms with E-state index >= 15 is 0 Å². The Morgan fingerprint density at radius 3 is 2.81 bits per heavy atom. The van der Waals surface area contributed by atoms with Gasteiger partial charge >= 0.3 is 5.97 Å². The number of aromatic amines is 1. The molecular weight excluding hydrogens is 344 g/mol. The number of nitrogens with one attached hydrogen (secondary N) is 2. The van der Waals surface area contributed by atoms with Crippen molar-refractivity contribution in [3.05, 3.63) is 72.0 Å². The molecule has 7 heteroatoms. The van der Waals surface area contributed by atoms with Gasteiger partial charge in [-0.05, 0) is 30.3 Å². The van der Waals surface area contributed by atoms with Crippen molar-refractivity contribution >= 4 is 29.2 Å². The van der Waals surface area contributed by atoms with Crippen LogP contribution >= 0.6 is 0 Å². The average Bonchev–Trinajstić information content (AvgIpc) is 3.34. The number of esters is 1. The summed E-state index contributed by atoms with van der Waals surface area (Å²) in [5, 5.41) is 4.13. The summed E-state index contributed by atoms with van der Waals surface area (Å²) in [5.74, 6) is 1.22. The fraction of sp³-hybridized carbons (Fsp3) is 0.0500. The van der Waals surface area contributed by atoms with Gasteiger partial charge in [-0.2, -0.15) is 5.10 Å². The van der Waals surface area contributed by atoms with Gasteiger partial charge in [-0.3, -0.25) is 0 Å². The molecular formula is C20H16N4O3. The summed E-state index contributed by atoms with van der Waals surface area (Å²) in [6, 6.07) is 18.4. The Hall–Kier alpha value is -3.87. The molecule has 0 aliphatic carbocycles. The molecule has 0 aliphatic heterocycles. The second-order valence-corrected chi connectivity index (χ2v) is 5.71. The van der Waals surface area contributed by atoms with E-state index in [4.69, 9.17) is 9.15 Å². The number of nitrogens with zero attached hydrogens (tertiary/aromatic N) is 2. The van der Waals surface area contributed by atoms with E-state index in [0.717, 1.165) is 11.0 Å². The van der Waals surface area contributed by atoms with Crippen LogP contribution in [0.3, 0.4) is 0 Å². The highest BCUT2D eigenvalue weighted by atomic mass is 16.5. The molecule has 134 valence electrons. The van der Waals surface area contributed by atoms with Crippen LogP contribution in [0.25, 0.3) is 22.4 Å². The molecule has 0 saturated carbocycles. The van der Waals surface area contributed by atoms with E-state index in [2.05, 4.69) is 20.5 Å². The first-order valence-corrected chi connectivity index (χ1v) is 8.26. The number of furan rings is 1. The summed E-state index contributed by atoms with van der Waals surface area (Å²) < 4.78 is 10.6. The molecule has 2 aromatic heterocycles. The number of hydrazone groups is 1. The Labute approximate surface area is 154 Å². The third-order valence-electron chi connectivity index (χ3n) is 3.98. The van der Waals surface area contributed by atoms with Crippen molar-refractivity contribution in [3.63, 3.8) is 0 Å².